The number of aryl methyl sites for hydroxylation is 3. The fraction of sp³-hybridized carbons (Fsp3) is 0.158. The van der Waals surface area contributed by atoms with E-state index in [9.17, 15) is 13.2 Å². The summed E-state index contributed by atoms with van der Waals surface area (Å²) >= 11 is 12.0. The molecule has 0 bridgehead atoms. The van der Waals surface area contributed by atoms with Gasteiger partial charge >= 0.3 is 29.0 Å². The minimum absolute atomic E-state index is 0. The van der Waals surface area contributed by atoms with Crippen LogP contribution in [0.3, 0.4) is 0 Å². The predicted molar refractivity (Wildman–Crippen MR) is 114 cm³/mol. The van der Waals surface area contributed by atoms with Crippen LogP contribution in [0.25, 0.3) is 0 Å². The maximum atomic E-state index is 13.0. The molecular formula is C19H17Cl2LiN2O4S. The number of carbonyl (C=O) groups is 1. The van der Waals surface area contributed by atoms with Crippen molar-refractivity contribution >= 4 is 58.0 Å². The van der Waals surface area contributed by atoms with Gasteiger partial charge in [0.15, 0.2) is 0 Å². The molecular weight excluding hydrogens is 430 g/mol. The van der Waals surface area contributed by atoms with E-state index in [-0.39, 0.29) is 45.8 Å². The summed E-state index contributed by atoms with van der Waals surface area (Å²) in [6.07, 6.45) is 0. The van der Waals surface area contributed by atoms with Crippen molar-refractivity contribution in [3.05, 3.63) is 74.9 Å². The third-order valence-electron chi connectivity index (χ3n) is 4.07. The average molecular weight is 447 g/mol. The number of ketones is 1. The van der Waals surface area contributed by atoms with E-state index in [1.54, 1.807) is 19.1 Å². The van der Waals surface area contributed by atoms with E-state index < -0.39 is 15.9 Å². The van der Waals surface area contributed by atoms with E-state index in [1.807, 2.05) is 6.92 Å². The second kappa shape index (κ2) is 8.95. The van der Waals surface area contributed by atoms with Crippen LogP contribution in [0.1, 0.15) is 27.2 Å². The van der Waals surface area contributed by atoms with E-state index in [1.165, 1.54) is 42.1 Å². The standard InChI is InChI=1S/C19H16Cl2N2O4S.Li.H/c1-11-4-7-14(8-5-11)28(25,26)27-19-17(12(2)22-23(19)3)18(24)15-9-6-13(20)10-16(15)21;;/h4-10H,1-3H3;;. The number of hydrogen-bond acceptors (Lipinski definition) is 5. The van der Waals surface area contributed by atoms with Crippen LogP contribution >= 0.6 is 23.2 Å². The van der Waals surface area contributed by atoms with Crippen molar-refractivity contribution in [2.45, 2.75) is 18.7 Å². The summed E-state index contributed by atoms with van der Waals surface area (Å²) in [6.45, 7) is 3.43. The molecule has 0 unspecified atom stereocenters. The van der Waals surface area contributed by atoms with E-state index >= 15 is 0 Å². The molecule has 0 saturated heterocycles. The van der Waals surface area contributed by atoms with Crippen LogP contribution in [0, 0.1) is 13.8 Å². The summed E-state index contributed by atoms with van der Waals surface area (Å²) in [6, 6.07) is 10.6. The molecule has 0 radical (unpaired) electrons. The molecule has 0 aliphatic carbocycles. The van der Waals surface area contributed by atoms with Gasteiger partial charge in [0.25, 0.3) is 0 Å². The molecule has 0 N–H and O–H groups in total. The summed E-state index contributed by atoms with van der Waals surface area (Å²) in [5.41, 5.74) is 1.40. The zero-order chi connectivity index (χ0) is 20.6. The molecule has 10 heteroatoms. The quantitative estimate of drug-likeness (QED) is 0.339. The molecule has 0 amide bonds. The van der Waals surface area contributed by atoms with Crippen LogP contribution in [0.5, 0.6) is 5.88 Å². The number of halogens is 2. The Morgan fingerprint density at radius 1 is 1.07 bits per heavy atom. The van der Waals surface area contributed by atoms with Crippen LogP contribution in [-0.4, -0.2) is 42.8 Å². The molecule has 1 aromatic heterocycles. The van der Waals surface area contributed by atoms with Gasteiger partial charge in [-0.25, -0.2) is 4.68 Å². The van der Waals surface area contributed by atoms with Gasteiger partial charge in [0.1, 0.15) is 10.5 Å². The van der Waals surface area contributed by atoms with E-state index in [0.29, 0.717) is 10.7 Å². The van der Waals surface area contributed by atoms with E-state index in [2.05, 4.69) is 5.10 Å². The number of carbonyl (C=O) groups excluding carboxylic acids is 1. The van der Waals surface area contributed by atoms with Gasteiger partial charge in [0.05, 0.1) is 10.7 Å². The van der Waals surface area contributed by atoms with Crippen molar-refractivity contribution in [2.24, 2.45) is 7.05 Å². The maximum absolute atomic E-state index is 13.0. The van der Waals surface area contributed by atoms with Crippen LogP contribution in [0.2, 0.25) is 10.0 Å². The first-order valence-corrected chi connectivity index (χ1v) is 10.3. The first-order valence-electron chi connectivity index (χ1n) is 8.14. The van der Waals surface area contributed by atoms with Crippen LogP contribution < -0.4 is 4.18 Å². The summed E-state index contributed by atoms with van der Waals surface area (Å²) in [5.74, 6) is -0.699. The zero-order valence-electron chi connectivity index (χ0n) is 15.2. The van der Waals surface area contributed by atoms with Gasteiger partial charge in [-0.2, -0.15) is 13.5 Å². The molecule has 3 rings (SSSR count). The molecule has 1 heterocycles. The molecule has 2 aromatic carbocycles. The number of nitrogens with zero attached hydrogens (tertiary/aromatic N) is 2. The Morgan fingerprint density at radius 3 is 2.28 bits per heavy atom. The summed E-state index contributed by atoms with van der Waals surface area (Å²) in [5, 5.41) is 4.66. The van der Waals surface area contributed by atoms with Crippen molar-refractivity contribution < 1.29 is 17.4 Å². The van der Waals surface area contributed by atoms with Crippen LogP contribution in [0.4, 0.5) is 0 Å². The molecule has 0 spiro atoms. The van der Waals surface area contributed by atoms with Gasteiger partial charge in [-0.05, 0) is 44.2 Å². The van der Waals surface area contributed by atoms with Gasteiger partial charge in [-0.3, -0.25) is 4.79 Å². The summed E-state index contributed by atoms with van der Waals surface area (Å²) in [4.78, 5) is 13.0. The second-order valence-corrected chi connectivity index (χ2v) is 8.58. The number of aromatic nitrogens is 2. The van der Waals surface area contributed by atoms with Crippen molar-refractivity contribution in [1.82, 2.24) is 9.78 Å². The minimum atomic E-state index is -4.16. The summed E-state index contributed by atoms with van der Waals surface area (Å²) in [7, 11) is -2.67. The Balaban J connectivity index is 0.00000300. The van der Waals surface area contributed by atoms with Crippen LogP contribution in [-0.2, 0) is 17.2 Å². The monoisotopic (exact) mass is 446 g/mol. The molecule has 3 aromatic rings. The Morgan fingerprint density at radius 2 is 1.69 bits per heavy atom. The normalized spacial score (nSPS) is 11.1. The summed E-state index contributed by atoms with van der Waals surface area (Å²) < 4.78 is 31.9. The van der Waals surface area contributed by atoms with E-state index in [4.69, 9.17) is 27.4 Å². The fourth-order valence-electron chi connectivity index (χ4n) is 2.66. The zero-order valence-corrected chi connectivity index (χ0v) is 17.6. The van der Waals surface area contributed by atoms with Crippen molar-refractivity contribution in [3.63, 3.8) is 0 Å². The molecule has 6 nitrogen and oxygen atoms in total. The molecule has 0 aliphatic rings. The Kier molecular flexibility index (Phi) is 7.26. The number of benzene rings is 2. The topological polar surface area (TPSA) is 78.3 Å². The average Bonchev–Trinajstić information content (AvgIpc) is 2.87. The van der Waals surface area contributed by atoms with E-state index in [0.717, 1.165) is 5.56 Å². The molecule has 148 valence electrons. The molecule has 0 aliphatic heterocycles. The Hall–Kier alpha value is -1.75. The van der Waals surface area contributed by atoms with Crippen molar-refractivity contribution in [3.8, 4) is 5.88 Å². The second-order valence-electron chi connectivity index (χ2n) is 6.19. The number of hydrogen-bond donors (Lipinski definition) is 0. The predicted octanol–water partition coefficient (Wildman–Crippen LogP) is 3.69. The van der Waals surface area contributed by atoms with Crippen molar-refractivity contribution in [2.75, 3.05) is 0 Å². The van der Waals surface area contributed by atoms with Crippen molar-refractivity contribution in [1.29, 1.82) is 0 Å². The third-order valence-corrected chi connectivity index (χ3v) is 5.85. The van der Waals surface area contributed by atoms with Gasteiger partial charge in [0.2, 0.25) is 11.7 Å². The molecule has 29 heavy (non-hydrogen) atoms. The fourth-order valence-corrected chi connectivity index (χ4v) is 4.12. The SMILES string of the molecule is Cc1ccc(S(=O)(=O)Oc2c(C(=O)c3ccc(Cl)cc3Cl)c(C)nn2C)cc1.[LiH]. The van der Waals surface area contributed by atoms with Gasteiger partial charge in [-0.15, -0.1) is 0 Å². The first kappa shape index (κ1) is 23.5. The van der Waals surface area contributed by atoms with Gasteiger partial charge in [-0.1, -0.05) is 40.9 Å². The Labute approximate surface area is 191 Å². The van der Waals surface area contributed by atoms with Crippen LogP contribution in [0.15, 0.2) is 47.4 Å². The number of rotatable bonds is 5. The Bertz CT molecular complexity index is 1180. The third kappa shape index (κ3) is 4.88. The first-order chi connectivity index (χ1) is 13.1. The van der Waals surface area contributed by atoms with Gasteiger partial charge < -0.3 is 4.18 Å². The molecule has 0 fully saturated rings. The van der Waals surface area contributed by atoms with Gasteiger partial charge in [0, 0.05) is 17.6 Å². The molecule has 0 saturated carbocycles. The molecule has 0 atom stereocenters.